The summed E-state index contributed by atoms with van der Waals surface area (Å²) >= 11 is 0. The molecule has 5 heteroatoms. The number of ether oxygens (including phenoxy) is 2. The molecule has 0 radical (unpaired) electrons. The van der Waals surface area contributed by atoms with Crippen LogP contribution in [0.2, 0.25) is 0 Å². The summed E-state index contributed by atoms with van der Waals surface area (Å²) in [5.74, 6) is -0.364. The lowest BCUT2D eigenvalue weighted by molar-refractivity contribution is -0.135. The number of carbonyl (C=O) groups is 2. The zero-order valence-corrected chi connectivity index (χ0v) is 13.9. The van der Waals surface area contributed by atoms with E-state index in [-0.39, 0.29) is 11.4 Å². The second-order valence-corrected chi connectivity index (χ2v) is 6.49. The van der Waals surface area contributed by atoms with E-state index < -0.39 is 11.7 Å². The van der Waals surface area contributed by atoms with Crippen molar-refractivity contribution in [2.75, 3.05) is 13.7 Å². The first-order valence-electron chi connectivity index (χ1n) is 7.29. The molecule has 0 heterocycles. The van der Waals surface area contributed by atoms with Crippen LogP contribution in [0.5, 0.6) is 0 Å². The largest absolute Gasteiger partial charge is 0.465 e. The summed E-state index contributed by atoms with van der Waals surface area (Å²) in [6, 6.07) is 0. The average Bonchev–Trinajstić information content (AvgIpc) is 2.58. The highest BCUT2D eigenvalue weighted by Crippen LogP contribution is 2.27. The van der Waals surface area contributed by atoms with Gasteiger partial charge in [0.15, 0.2) is 0 Å². The maximum absolute atomic E-state index is 11.6. The van der Waals surface area contributed by atoms with Gasteiger partial charge >= 0.3 is 12.1 Å². The number of esters is 1. The number of alkyl carbamates (subject to hydrolysis) is 1. The maximum atomic E-state index is 11.6. The molecule has 0 aromatic rings. The first kappa shape index (κ1) is 18.0. The van der Waals surface area contributed by atoms with Crippen LogP contribution >= 0.6 is 0 Å². The average molecular weight is 307 g/mol. The highest BCUT2D eigenvalue weighted by atomic mass is 16.6. The van der Waals surface area contributed by atoms with Crippen molar-refractivity contribution < 1.29 is 19.1 Å². The Morgan fingerprint density at radius 3 is 2.55 bits per heavy atom. The lowest BCUT2D eigenvalue weighted by atomic mass is 9.86. The highest BCUT2D eigenvalue weighted by Gasteiger charge is 2.21. The van der Waals surface area contributed by atoms with Gasteiger partial charge in [0, 0.05) is 12.0 Å². The van der Waals surface area contributed by atoms with Gasteiger partial charge in [-0.3, -0.25) is 0 Å². The fourth-order valence-electron chi connectivity index (χ4n) is 1.93. The normalized spacial score (nSPS) is 20.9. The van der Waals surface area contributed by atoms with E-state index in [2.05, 4.69) is 5.32 Å². The highest BCUT2D eigenvalue weighted by molar-refractivity contribution is 5.92. The second-order valence-electron chi connectivity index (χ2n) is 6.49. The lowest BCUT2D eigenvalue weighted by Gasteiger charge is -2.23. The Labute approximate surface area is 132 Å². The maximum Gasteiger partial charge on any atom is 0.407 e. The molecular formula is C17H25NO4. The minimum absolute atomic E-state index is 0.249. The number of hydrogen-bond donors (Lipinski definition) is 1. The van der Waals surface area contributed by atoms with Crippen molar-refractivity contribution >= 4 is 12.1 Å². The third kappa shape index (κ3) is 6.16. The summed E-state index contributed by atoms with van der Waals surface area (Å²) in [7, 11) is 1.36. The third-order valence-electron chi connectivity index (χ3n) is 3.15. The van der Waals surface area contributed by atoms with Gasteiger partial charge in [0.25, 0.3) is 0 Å². The summed E-state index contributed by atoms with van der Waals surface area (Å²) in [5.41, 5.74) is -0.251. The molecule has 1 amide bonds. The van der Waals surface area contributed by atoms with Crippen LogP contribution in [0.4, 0.5) is 4.79 Å². The standard InChI is InChI=1S/C17H25NO4/c1-16(2,3)22-15(20)18-12-11-17(4)9-6-7-13(8-10-17)14(19)21-5/h6-10H,11-12H2,1-5H3,(H,18,20). The zero-order chi connectivity index (χ0) is 16.8. The van der Waals surface area contributed by atoms with Gasteiger partial charge in [-0.25, -0.2) is 9.59 Å². The molecule has 0 aliphatic heterocycles. The molecule has 1 N–H and O–H groups in total. The van der Waals surface area contributed by atoms with Crippen LogP contribution in [0.25, 0.3) is 0 Å². The Kier molecular flexibility index (Phi) is 5.97. The number of allylic oxidation sites excluding steroid dienone is 4. The predicted molar refractivity (Wildman–Crippen MR) is 85.3 cm³/mol. The minimum Gasteiger partial charge on any atom is -0.465 e. The fourth-order valence-corrected chi connectivity index (χ4v) is 1.93. The minimum atomic E-state index is -0.505. The number of rotatable bonds is 4. The predicted octanol–water partition coefficient (Wildman–Crippen LogP) is 3.13. The van der Waals surface area contributed by atoms with E-state index in [0.717, 1.165) is 0 Å². The smallest absolute Gasteiger partial charge is 0.407 e. The zero-order valence-electron chi connectivity index (χ0n) is 13.9. The van der Waals surface area contributed by atoms with Crippen molar-refractivity contribution in [1.29, 1.82) is 0 Å². The van der Waals surface area contributed by atoms with Gasteiger partial charge in [-0.15, -0.1) is 0 Å². The van der Waals surface area contributed by atoms with Crippen LogP contribution in [-0.2, 0) is 14.3 Å². The number of nitrogens with one attached hydrogen (secondary N) is 1. The van der Waals surface area contributed by atoms with E-state index in [1.54, 1.807) is 12.2 Å². The van der Waals surface area contributed by atoms with Gasteiger partial charge in [-0.1, -0.05) is 31.2 Å². The Balaban J connectivity index is 2.53. The summed E-state index contributed by atoms with van der Waals surface area (Å²) in [6.45, 7) is 7.98. The molecule has 5 nitrogen and oxygen atoms in total. The molecule has 0 spiro atoms. The Bertz CT molecular complexity index is 511. The van der Waals surface area contributed by atoms with Gasteiger partial charge in [-0.05, 0) is 33.3 Å². The second kappa shape index (κ2) is 7.29. The Hall–Kier alpha value is -2.04. The van der Waals surface area contributed by atoms with Crippen LogP contribution < -0.4 is 5.32 Å². The molecule has 0 aromatic heterocycles. The Morgan fingerprint density at radius 1 is 1.27 bits per heavy atom. The van der Waals surface area contributed by atoms with Crippen LogP contribution in [0.1, 0.15) is 34.1 Å². The van der Waals surface area contributed by atoms with Crippen molar-refractivity contribution in [3.8, 4) is 0 Å². The summed E-state index contributed by atoms with van der Waals surface area (Å²) in [4.78, 5) is 23.1. The van der Waals surface area contributed by atoms with E-state index >= 15 is 0 Å². The van der Waals surface area contributed by atoms with Crippen molar-refractivity contribution in [2.24, 2.45) is 5.41 Å². The first-order chi connectivity index (χ1) is 10.2. The first-order valence-corrected chi connectivity index (χ1v) is 7.29. The fraction of sp³-hybridized carbons (Fsp3) is 0.529. The van der Waals surface area contributed by atoms with Crippen LogP contribution in [0.15, 0.2) is 36.0 Å². The summed E-state index contributed by atoms with van der Waals surface area (Å²) in [5, 5.41) is 2.74. The molecule has 1 unspecified atom stereocenters. The molecular weight excluding hydrogens is 282 g/mol. The van der Waals surface area contributed by atoms with E-state index in [0.29, 0.717) is 18.5 Å². The van der Waals surface area contributed by atoms with Gasteiger partial charge < -0.3 is 14.8 Å². The monoisotopic (exact) mass is 307 g/mol. The van der Waals surface area contributed by atoms with E-state index in [9.17, 15) is 9.59 Å². The number of methoxy groups -OCH3 is 1. The molecule has 0 saturated carbocycles. The molecule has 1 aliphatic rings. The topological polar surface area (TPSA) is 64.6 Å². The summed E-state index contributed by atoms with van der Waals surface area (Å²) in [6.07, 6.45) is 9.51. The lowest BCUT2D eigenvalue weighted by Crippen LogP contribution is -2.34. The molecule has 122 valence electrons. The molecule has 22 heavy (non-hydrogen) atoms. The molecule has 0 aromatic carbocycles. The van der Waals surface area contributed by atoms with Crippen LogP contribution in [0, 0.1) is 5.41 Å². The molecule has 0 bridgehead atoms. The van der Waals surface area contributed by atoms with Crippen LogP contribution in [0.3, 0.4) is 0 Å². The van der Waals surface area contributed by atoms with Crippen molar-refractivity contribution in [2.45, 2.75) is 39.7 Å². The van der Waals surface area contributed by atoms with Gasteiger partial charge in [0.05, 0.1) is 12.7 Å². The molecule has 0 fully saturated rings. The number of carbonyl (C=O) groups excluding carboxylic acids is 2. The molecule has 0 saturated heterocycles. The molecule has 1 atom stereocenters. The summed E-state index contributed by atoms with van der Waals surface area (Å²) < 4.78 is 9.90. The molecule has 1 rings (SSSR count). The van der Waals surface area contributed by atoms with Crippen molar-refractivity contribution in [3.63, 3.8) is 0 Å². The number of amides is 1. The number of hydrogen-bond acceptors (Lipinski definition) is 4. The SMILES string of the molecule is COC(=O)C1=CC=CC(C)(CCNC(=O)OC(C)(C)C)C=C1. The van der Waals surface area contributed by atoms with E-state index in [1.807, 2.05) is 45.9 Å². The van der Waals surface area contributed by atoms with Gasteiger partial charge in [-0.2, -0.15) is 0 Å². The van der Waals surface area contributed by atoms with Gasteiger partial charge in [0.2, 0.25) is 0 Å². The molecule has 1 aliphatic carbocycles. The van der Waals surface area contributed by atoms with Gasteiger partial charge in [0.1, 0.15) is 5.60 Å². The van der Waals surface area contributed by atoms with Crippen LogP contribution in [-0.4, -0.2) is 31.3 Å². The van der Waals surface area contributed by atoms with E-state index in [4.69, 9.17) is 9.47 Å². The van der Waals surface area contributed by atoms with Crippen molar-refractivity contribution in [3.05, 3.63) is 36.0 Å². The Morgan fingerprint density at radius 2 is 1.95 bits per heavy atom. The quantitative estimate of drug-likeness (QED) is 0.810. The van der Waals surface area contributed by atoms with E-state index in [1.165, 1.54) is 7.11 Å². The van der Waals surface area contributed by atoms with Crippen molar-refractivity contribution in [1.82, 2.24) is 5.32 Å². The third-order valence-corrected chi connectivity index (χ3v) is 3.15.